The number of carbonyl (C=O) groups excluding carboxylic acids is 1. The first-order valence-corrected chi connectivity index (χ1v) is 7.86. The number of nitrogens with one attached hydrogen (secondary N) is 1. The van der Waals surface area contributed by atoms with E-state index in [4.69, 9.17) is 16.3 Å². The van der Waals surface area contributed by atoms with Crippen molar-refractivity contribution in [2.45, 2.75) is 0 Å². The van der Waals surface area contributed by atoms with Gasteiger partial charge in [-0.05, 0) is 74.9 Å². The highest BCUT2D eigenvalue weighted by molar-refractivity contribution is 14.1. The van der Waals surface area contributed by atoms with Gasteiger partial charge in [0.2, 0.25) is 0 Å². The summed E-state index contributed by atoms with van der Waals surface area (Å²) >= 11 is 11.6. The average molecular weight is 466 g/mol. The third kappa shape index (κ3) is 3.65. The van der Waals surface area contributed by atoms with E-state index in [1.807, 2.05) is 18.2 Å². The Morgan fingerprint density at radius 3 is 2.70 bits per heavy atom. The Labute approximate surface area is 143 Å². The fourth-order valence-corrected chi connectivity index (χ4v) is 2.79. The Morgan fingerprint density at radius 2 is 2.05 bits per heavy atom. The maximum Gasteiger partial charge on any atom is 0.256 e. The molecule has 0 saturated carbocycles. The predicted octanol–water partition coefficient (Wildman–Crippen LogP) is 4.97. The summed E-state index contributed by atoms with van der Waals surface area (Å²) in [4.78, 5) is 12.2. The maximum atomic E-state index is 12.2. The molecule has 0 aliphatic carbocycles. The van der Waals surface area contributed by atoms with E-state index in [9.17, 15) is 4.79 Å². The van der Waals surface area contributed by atoms with E-state index in [0.717, 1.165) is 8.04 Å². The maximum absolute atomic E-state index is 12.2. The summed E-state index contributed by atoms with van der Waals surface area (Å²) in [5.74, 6) is 0.372. The van der Waals surface area contributed by atoms with Crippen molar-refractivity contribution in [1.29, 1.82) is 0 Å². The van der Waals surface area contributed by atoms with E-state index in [-0.39, 0.29) is 5.91 Å². The zero-order chi connectivity index (χ0) is 14.7. The molecule has 1 amide bonds. The second-order valence-electron chi connectivity index (χ2n) is 3.93. The van der Waals surface area contributed by atoms with Crippen LogP contribution in [0.5, 0.6) is 5.75 Å². The Morgan fingerprint density at radius 1 is 1.30 bits per heavy atom. The number of halogens is 3. The van der Waals surface area contributed by atoms with Gasteiger partial charge in [-0.25, -0.2) is 0 Å². The Hall–Kier alpha value is -0.790. The van der Waals surface area contributed by atoms with Crippen LogP contribution in [-0.4, -0.2) is 13.0 Å². The Bertz CT molecular complexity index is 664. The van der Waals surface area contributed by atoms with E-state index < -0.39 is 0 Å². The van der Waals surface area contributed by atoms with Crippen LogP contribution in [0.4, 0.5) is 5.69 Å². The van der Waals surface area contributed by atoms with Crippen molar-refractivity contribution < 1.29 is 9.53 Å². The molecule has 0 aromatic heterocycles. The zero-order valence-electron chi connectivity index (χ0n) is 10.4. The molecule has 20 heavy (non-hydrogen) atoms. The molecule has 0 heterocycles. The van der Waals surface area contributed by atoms with Crippen LogP contribution >= 0.6 is 50.1 Å². The van der Waals surface area contributed by atoms with Crippen molar-refractivity contribution >= 4 is 61.7 Å². The fraction of sp³-hybridized carbons (Fsp3) is 0.0714. The standard InChI is InChI=1S/C14H10BrClINO2/c1-20-13-5-3-9(7-12(13)16)18-14(19)10-6-8(17)2-4-11(10)15/h2-7H,1H3,(H,18,19). The van der Waals surface area contributed by atoms with Crippen LogP contribution in [-0.2, 0) is 0 Å². The number of anilines is 1. The molecule has 0 atom stereocenters. The van der Waals surface area contributed by atoms with Gasteiger partial charge in [-0.1, -0.05) is 11.6 Å². The van der Waals surface area contributed by atoms with Crippen molar-refractivity contribution in [3.63, 3.8) is 0 Å². The second kappa shape index (κ2) is 6.78. The number of hydrogen-bond acceptors (Lipinski definition) is 2. The van der Waals surface area contributed by atoms with Crippen LogP contribution in [0.15, 0.2) is 40.9 Å². The first kappa shape index (κ1) is 15.6. The monoisotopic (exact) mass is 465 g/mol. The SMILES string of the molecule is COc1ccc(NC(=O)c2cc(I)ccc2Br)cc1Cl. The minimum atomic E-state index is -0.198. The average Bonchev–Trinajstić information content (AvgIpc) is 2.41. The van der Waals surface area contributed by atoms with E-state index in [0.29, 0.717) is 22.0 Å². The summed E-state index contributed by atoms with van der Waals surface area (Å²) in [5.41, 5.74) is 1.19. The molecular weight excluding hydrogens is 456 g/mol. The summed E-state index contributed by atoms with van der Waals surface area (Å²) in [5, 5.41) is 3.26. The van der Waals surface area contributed by atoms with Gasteiger partial charge in [0.25, 0.3) is 5.91 Å². The van der Waals surface area contributed by atoms with Gasteiger partial charge in [-0.15, -0.1) is 0 Å². The molecule has 1 N–H and O–H groups in total. The molecule has 0 spiro atoms. The van der Waals surface area contributed by atoms with E-state index in [2.05, 4.69) is 43.8 Å². The fourth-order valence-electron chi connectivity index (χ4n) is 1.61. The lowest BCUT2D eigenvalue weighted by Crippen LogP contribution is -2.12. The molecule has 2 rings (SSSR count). The van der Waals surface area contributed by atoms with Crippen molar-refractivity contribution in [2.75, 3.05) is 12.4 Å². The van der Waals surface area contributed by atoms with Gasteiger partial charge in [-0.3, -0.25) is 4.79 Å². The lowest BCUT2D eigenvalue weighted by atomic mass is 10.2. The summed E-state index contributed by atoms with van der Waals surface area (Å²) < 4.78 is 6.81. The predicted molar refractivity (Wildman–Crippen MR) is 92.8 cm³/mol. The van der Waals surface area contributed by atoms with Crippen molar-refractivity contribution in [3.8, 4) is 5.75 Å². The van der Waals surface area contributed by atoms with Crippen LogP contribution in [0.3, 0.4) is 0 Å². The van der Waals surface area contributed by atoms with Crippen molar-refractivity contribution in [1.82, 2.24) is 0 Å². The Balaban J connectivity index is 2.23. The van der Waals surface area contributed by atoms with Gasteiger partial charge in [0.1, 0.15) is 5.75 Å². The number of amides is 1. The van der Waals surface area contributed by atoms with Crippen LogP contribution in [0, 0.1) is 3.57 Å². The molecule has 0 saturated heterocycles. The summed E-state index contributed by atoms with van der Waals surface area (Å²) in [6.07, 6.45) is 0. The van der Waals surface area contributed by atoms with Gasteiger partial charge in [0, 0.05) is 13.7 Å². The number of benzene rings is 2. The highest BCUT2D eigenvalue weighted by atomic mass is 127. The number of hydrogen-bond donors (Lipinski definition) is 1. The Kier molecular flexibility index (Phi) is 5.29. The molecule has 0 bridgehead atoms. The zero-order valence-corrected chi connectivity index (χ0v) is 14.9. The number of rotatable bonds is 3. The topological polar surface area (TPSA) is 38.3 Å². The lowest BCUT2D eigenvalue weighted by Gasteiger charge is -2.09. The molecule has 0 radical (unpaired) electrons. The van der Waals surface area contributed by atoms with Crippen LogP contribution in [0.1, 0.15) is 10.4 Å². The summed E-state index contributed by atoms with van der Waals surface area (Å²) in [6.45, 7) is 0. The van der Waals surface area contributed by atoms with Gasteiger partial charge in [0.05, 0.1) is 17.7 Å². The molecule has 2 aromatic carbocycles. The number of carbonyl (C=O) groups is 1. The first-order valence-electron chi connectivity index (χ1n) is 5.61. The minimum absolute atomic E-state index is 0.198. The van der Waals surface area contributed by atoms with E-state index >= 15 is 0 Å². The van der Waals surface area contributed by atoms with Crippen molar-refractivity contribution in [3.05, 3.63) is 55.0 Å². The lowest BCUT2D eigenvalue weighted by molar-refractivity contribution is 0.102. The molecule has 104 valence electrons. The smallest absolute Gasteiger partial charge is 0.256 e. The van der Waals surface area contributed by atoms with Crippen LogP contribution in [0.2, 0.25) is 5.02 Å². The third-order valence-electron chi connectivity index (χ3n) is 2.58. The second-order valence-corrected chi connectivity index (χ2v) is 6.43. The molecular formula is C14H10BrClINO2. The third-order valence-corrected chi connectivity index (χ3v) is 4.24. The van der Waals surface area contributed by atoms with Gasteiger partial charge in [0.15, 0.2) is 0 Å². The largest absolute Gasteiger partial charge is 0.495 e. The molecule has 0 aliphatic heterocycles. The van der Waals surface area contributed by atoms with E-state index in [1.165, 1.54) is 0 Å². The minimum Gasteiger partial charge on any atom is -0.495 e. The number of methoxy groups -OCH3 is 1. The molecule has 2 aromatic rings. The normalized spacial score (nSPS) is 10.2. The van der Waals surface area contributed by atoms with Gasteiger partial charge < -0.3 is 10.1 Å². The summed E-state index contributed by atoms with van der Waals surface area (Å²) in [6, 6.07) is 10.7. The molecule has 0 fully saturated rings. The van der Waals surface area contributed by atoms with Crippen molar-refractivity contribution in [2.24, 2.45) is 0 Å². The van der Waals surface area contributed by atoms with Crippen LogP contribution < -0.4 is 10.1 Å². The molecule has 0 aliphatic rings. The highest BCUT2D eigenvalue weighted by Crippen LogP contribution is 2.28. The van der Waals surface area contributed by atoms with E-state index in [1.54, 1.807) is 25.3 Å². The molecule has 6 heteroatoms. The van der Waals surface area contributed by atoms with Gasteiger partial charge >= 0.3 is 0 Å². The van der Waals surface area contributed by atoms with Gasteiger partial charge in [-0.2, -0.15) is 0 Å². The number of ether oxygens (including phenoxy) is 1. The van der Waals surface area contributed by atoms with Crippen LogP contribution in [0.25, 0.3) is 0 Å². The first-order chi connectivity index (χ1) is 9.51. The molecule has 3 nitrogen and oxygen atoms in total. The quantitative estimate of drug-likeness (QED) is 0.649. The summed E-state index contributed by atoms with van der Waals surface area (Å²) in [7, 11) is 1.54. The molecule has 0 unspecified atom stereocenters. The highest BCUT2D eigenvalue weighted by Gasteiger charge is 2.11.